The molecular formula is C17H21F2NO5S. The molecule has 2 saturated heterocycles. The van der Waals surface area contributed by atoms with Crippen LogP contribution >= 0.6 is 11.3 Å². The number of aryl methyl sites for hydroxylation is 1. The molecule has 0 spiro atoms. The number of thiophene rings is 1. The van der Waals surface area contributed by atoms with E-state index in [0.717, 1.165) is 16.2 Å². The third-order valence-electron chi connectivity index (χ3n) is 4.98. The second-order valence-corrected chi connectivity index (χ2v) is 7.88. The highest BCUT2D eigenvalue weighted by atomic mass is 32.1. The van der Waals surface area contributed by atoms with Gasteiger partial charge in [-0.1, -0.05) is 0 Å². The Bertz CT molecular complexity index is 672. The summed E-state index contributed by atoms with van der Waals surface area (Å²) in [6, 6.07) is 1.45. The van der Waals surface area contributed by atoms with Gasteiger partial charge in [0.1, 0.15) is 10.6 Å². The molecule has 3 rings (SSSR count). The fourth-order valence-electron chi connectivity index (χ4n) is 3.74. The van der Waals surface area contributed by atoms with Gasteiger partial charge in [-0.05, 0) is 38.2 Å². The van der Waals surface area contributed by atoms with Gasteiger partial charge in [0, 0.05) is 24.6 Å². The zero-order valence-electron chi connectivity index (χ0n) is 14.3. The van der Waals surface area contributed by atoms with E-state index in [-0.39, 0.29) is 28.6 Å². The summed E-state index contributed by atoms with van der Waals surface area (Å²) in [6.07, 6.45) is 1.47. The van der Waals surface area contributed by atoms with Crippen molar-refractivity contribution in [2.75, 3.05) is 19.7 Å². The molecule has 1 unspecified atom stereocenters. The molecule has 1 aromatic rings. The summed E-state index contributed by atoms with van der Waals surface area (Å²) in [5.74, 6) is -1.65. The van der Waals surface area contributed by atoms with Crippen LogP contribution < -0.4 is 4.74 Å². The van der Waals surface area contributed by atoms with Crippen molar-refractivity contribution in [3.05, 3.63) is 15.8 Å². The maximum absolute atomic E-state index is 12.7. The first-order valence-corrected chi connectivity index (χ1v) is 9.37. The smallest absolute Gasteiger partial charge is 0.387 e. The van der Waals surface area contributed by atoms with Crippen LogP contribution in [0.4, 0.5) is 8.78 Å². The minimum Gasteiger partial charge on any atom is -0.481 e. The van der Waals surface area contributed by atoms with Crippen molar-refractivity contribution in [2.24, 2.45) is 11.8 Å². The molecule has 9 heteroatoms. The Kier molecular flexibility index (Phi) is 5.76. The van der Waals surface area contributed by atoms with Crippen molar-refractivity contribution in [3.8, 4) is 5.75 Å². The zero-order chi connectivity index (χ0) is 18.8. The van der Waals surface area contributed by atoms with Crippen LogP contribution in [0.25, 0.3) is 0 Å². The Morgan fingerprint density at radius 3 is 2.65 bits per heavy atom. The third kappa shape index (κ3) is 3.98. The molecule has 1 N–H and O–H groups in total. The number of hydrogen-bond acceptors (Lipinski definition) is 5. The van der Waals surface area contributed by atoms with Crippen LogP contribution in [0.3, 0.4) is 0 Å². The minimum atomic E-state index is -2.98. The molecule has 1 aromatic heterocycles. The number of nitrogens with zero attached hydrogens (tertiary/aromatic N) is 1. The summed E-state index contributed by atoms with van der Waals surface area (Å²) in [5, 5.41) is 9.29. The lowest BCUT2D eigenvalue weighted by molar-refractivity contribution is -0.145. The average Bonchev–Trinajstić information content (AvgIpc) is 3.21. The largest absolute Gasteiger partial charge is 0.481 e. The Balaban J connectivity index is 1.63. The maximum atomic E-state index is 12.7. The molecule has 2 atom stereocenters. The zero-order valence-corrected chi connectivity index (χ0v) is 15.1. The molecule has 0 saturated carbocycles. The number of carbonyl (C=O) groups is 2. The molecule has 6 nitrogen and oxygen atoms in total. The van der Waals surface area contributed by atoms with Gasteiger partial charge in [-0.2, -0.15) is 8.78 Å². The second-order valence-electron chi connectivity index (χ2n) is 6.63. The summed E-state index contributed by atoms with van der Waals surface area (Å²) in [5.41, 5.74) is 0. The van der Waals surface area contributed by atoms with Gasteiger partial charge in [0.2, 0.25) is 0 Å². The predicted octanol–water partition coefficient (Wildman–Crippen LogP) is 3.00. The molecule has 2 aliphatic rings. The Morgan fingerprint density at radius 2 is 2.04 bits per heavy atom. The number of rotatable bonds is 5. The number of ether oxygens (including phenoxy) is 2. The lowest BCUT2D eigenvalue weighted by atomic mass is 9.84. The Hall–Kier alpha value is -1.74. The SMILES string of the molecule is Cc1cc(OC(F)F)c(C(=O)N2CCC([C@@H]3OCCC3C(=O)O)CC2)s1. The number of amides is 1. The molecule has 0 radical (unpaired) electrons. The summed E-state index contributed by atoms with van der Waals surface area (Å²) in [7, 11) is 0. The number of carbonyl (C=O) groups excluding carboxylic acids is 1. The highest BCUT2D eigenvalue weighted by molar-refractivity contribution is 7.14. The highest BCUT2D eigenvalue weighted by Crippen LogP contribution is 2.35. The van der Waals surface area contributed by atoms with Crippen molar-refractivity contribution < 1.29 is 33.0 Å². The van der Waals surface area contributed by atoms with Crippen molar-refractivity contribution in [1.29, 1.82) is 0 Å². The van der Waals surface area contributed by atoms with Gasteiger partial charge in [0.05, 0.1) is 12.0 Å². The molecule has 26 heavy (non-hydrogen) atoms. The first-order chi connectivity index (χ1) is 12.4. The molecule has 0 bridgehead atoms. The van der Waals surface area contributed by atoms with Crippen molar-refractivity contribution >= 4 is 23.2 Å². The fraction of sp³-hybridized carbons (Fsp3) is 0.647. The molecule has 1 amide bonds. The molecule has 144 valence electrons. The first-order valence-electron chi connectivity index (χ1n) is 8.55. The summed E-state index contributed by atoms with van der Waals surface area (Å²) in [6.45, 7) is 0.0920. The number of hydrogen-bond donors (Lipinski definition) is 1. The van der Waals surface area contributed by atoms with Gasteiger partial charge in [-0.3, -0.25) is 9.59 Å². The molecule has 2 fully saturated rings. The number of carboxylic acid groups (broad SMARTS) is 1. The van der Waals surface area contributed by atoms with E-state index in [4.69, 9.17) is 4.74 Å². The van der Waals surface area contributed by atoms with Gasteiger partial charge in [0.25, 0.3) is 5.91 Å². The predicted molar refractivity (Wildman–Crippen MR) is 89.8 cm³/mol. The van der Waals surface area contributed by atoms with Gasteiger partial charge < -0.3 is 19.5 Å². The third-order valence-corrected chi connectivity index (χ3v) is 6.00. The number of alkyl halides is 2. The topological polar surface area (TPSA) is 76.1 Å². The van der Waals surface area contributed by atoms with Crippen molar-refractivity contribution in [2.45, 2.75) is 38.9 Å². The van der Waals surface area contributed by atoms with Crippen LogP contribution in [-0.4, -0.2) is 54.3 Å². The van der Waals surface area contributed by atoms with E-state index in [0.29, 0.717) is 39.0 Å². The Labute approximate surface area is 153 Å². The summed E-state index contributed by atoms with van der Waals surface area (Å²) >= 11 is 1.14. The van der Waals surface area contributed by atoms with Crippen LogP contribution in [0, 0.1) is 18.8 Å². The van der Waals surface area contributed by atoms with Crippen LogP contribution in [-0.2, 0) is 9.53 Å². The van der Waals surface area contributed by atoms with E-state index in [2.05, 4.69) is 4.74 Å². The number of piperidine rings is 1. The first kappa shape index (κ1) is 19.0. The molecule has 3 heterocycles. The van der Waals surface area contributed by atoms with Gasteiger partial charge in [0.15, 0.2) is 0 Å². The van der Waals surface area contributed by atoms with E-state index in [1.165, 1.54) is 6.07 Å². The highest BCUT2D eigenvalue weighted by Gasteiger charge is 2.41. The minimum absolute atomic E-state index is 0.0836. The molecule has 2 aliphatic heterocycles. The second kappa shape index (κ2) is 7.87. The van der Waals surface area contributed by atoms with Crippen LogP contribution in [0.5, 0.6) is 5.75 Å². The van der Waals surface area contributed by atoms with E-state index in [1.54, 1.807) is 11.8 Å². The Morgan fingerprint density at radius 1 is 1.35 bits per heavy atom. The van der Waals surface area contributed by atoms with Gasteiger partial charge >= 0.3 is 12.6 Å². The number of likely N-dealkylation sites (tertiary alicyclic amines) is 1. The van der Waals surface area contributed by atoms with Crippen molar-refractivity contribution in [3.63, 3.8) is 0 Å². The monoisotopic (exact) mass is 389 g/mol. The van der Waals surface area contributed by atoms with Gasteiger partial charge in [-0.25, -0.2) is 0 Å². The lowest BCUT2D eigenvalue weighted by Crippen LogP contribution is -2.43. The number of halogens is 2. The standard InChI is InChI=1S/C17H21F2NO5S/c1-9-8-12(25-17(18)19)14(26-9)15(21)20-5-2-10(3-6-20)13-11(16(22)23)4-7-24-13/h8,10-11,13,17H,2-7H2,1H3,(H,22,23)/t11?,13-/m0/s1. The van der Waals surface area contributed by atoms with E-state index in [1.807, 2.05) is 0 Å². The quantitative estimate of drug-likeness (QED) is 0.838. The lowest BCUT2D eigenvalue weighted by Gasteiger charge is -2.35. The van der Waals surface area contributed by atoms with E-state index in [9.17, 15) is 23.5 Å². The van der Waals surface area contributed by atoms with Crippen LogP contribution in [0.2, 0.25) is 0 Å². The number of carboxylic acids is 1. The molecule has 0 aliphatic carbocycles. The summed E-state index contributed by atoms with van der Waals surface area (Å²) < 4.78 is 35.2. The van der Waals surface area contributed by atoms with Gasteiger partial charge in [-0.15, -0.1) is 11.3 Å². The number of aliphatic carboxylic acids is 1. The van der Waals surface area contributed by atoms with Crippen LogP contribution in [0.15, 0.2) is 6.07 Å². The summed E-state index contributed by atoms with van der Waals surface area (Å²) in [4.78, 5) is 26.5. The fourth-order valence-corrected chi connectivity index (χ4v) is 4.65. The molecular weight excluding hydrogens is 368 g/mol. The van der Waals surface area contributed by atoms with E-state index >= 15 is 0 Å². The van der Waals surface area contributed by atoms with E-state index < -0.39 is 18.5 Å². The molecule has 0 aromatic carbocycles. The normalized spacial score (nSPS) is 24.2. The van der Waals surface area contributed by atoms with Crippen molar-refractivity contribution in [1.82, 2.24) is 4.90 Å². The maximum Gasteiger partial charge on any atom is 0.387 e. The average molecular weight is 389 g/mol. The van der Waals surface area contributed by atoms with Crippen LogP contribution in [0.1, 0.15) is 33.8 Å².